The van der Waals surface area contributed by atoms with E-state index in [0.717, 1.165) is 36.6 Å². The number of carbonyl (C=O) groups excluding carboxylic acids is 1. The predicted octanol–water partition coefficient (Wildman–Crippen LogP) is 5.25. The summed E-state index contributed by atoms with van der Waals surface area (Å²) in [5, 5.41) is 9.86. The van der Waals surface area contributed by atoms with E-state index in [1.54, 1.807) is 17.0 Å². The third kappa shape index (κ3) is 5.56. The molecule has 2 atom stereocenters. The van der Waals surface area contributed by atoms with Gasteiger partial charge in [-0.25, -0.2) is 4.39 Å². The zero-order chi connectivity index (χ0) is 21.8. The fraction of sp³-hybridized carbons (Fsp3) is 0.409. The summed E-state index contributed by atoms with van der Waals surface area (Å²) in [6.45, 7) is 5.86. The van der Waals surface area contributed by atoms with Crippen LogP contribution in [0.4, 0.5) is 17.6 Å². The Morgan fingerprint density at radius 3 is 2.38 bits per heavy atom. The van der Waals surface area contributed by atoms with E-state index in [1.165, 1.54) is 18.2 Å². The minimum atomic E-state index is -4.87. The largest absolute Gasteiger partial charge is 0.421 e. The van der Waals surface area contributed by atoms with Gasteiger partial charge in [-0.3, -0.25) is 4.79 Å². The second-order valence-corrected chi connectivity index (χ2v) is 7.29. The molecule has 1 N–H and O–H groups in total. The lowest BCUT2D eigenvalue weighted by Gasteiger charge is -2.30. The normalized spacial score (nSPS) is 18.4. The van der Waals surface area contributed by atoms with Crippen LogP contribution >= 0.6 is 0 Å². The Labute approximate surface area is 168 Å². The zero-order valence-electron chi connectivity index (χ0n) is 16.4. The lowest BCUT2D eigenvalue weighted by molar-refractivity contribution is -0.235. The summed E-state index contributed by atoms with van der Waals surface area (Å²) in [5.74, 6) is -0.614. The molecule has 0 aromatic heterocycles. The summed E-state index contributed by atoms with van der Waals surface area (Å²) in [5.41, 5.74) is -2.68. The summed E-state index contributed by atoms with van der Waals surface area (Å²) < 4.78 is 52.5. The van der Waals surface area contributed by atoms with Crippen LogP contribution in [0.15, 0.2) is 60.7 Å². The van der Waals surface area contributed by atoms with Crippen LogP contribution in [0, 0.1) is 5.82 Å². The van der Waals surface area contributed by atoms with Crippen molar-refractivity contribution in [1.29, 1.82) is 0 Å². The monoisotopic (exact) mass is 411 g/mol. The zero-order valence-corrected chi connectivity index (χ0v) is 16.4. The molecular weight excluding hydrogens is 386 g/mol. The molecule has 0 radical (unpaired) electrons. The van der Waals surface area contributed by atoms with E-state index in [-0.39, 0.29) is 30.2 Å². The van der Waals surface area contributed by atoms with E-state index in [9.17, 15) is 27.5 Å². The SMILES string of the molecule is C=C/C=C(\C=C/CC(=O)N(C1CC1)[C@H](C)c1ccc(F)cc1)[C@](C)(O)C(F)(F)F. The minimum absolute atomic E-state index is 0.0671. The number of rotatable bonds is 8. The van der Waals surface area contributed by atoms with Crippen molar-refractivity contribution in [2.45, 2.75) is 57.0 Å². The average Bonchev–Trinajstić information content (AvgIpc) is 3.45. The van der Waals surface area contributed by atoms with Crippen molar-refractivity contribution in [2.75, 3.05) is 0 Å². The van der Waals surface area contributed by atoms with Crippen molar-refractivity contribution < 1.29 is 27.5 Å². The van der Waals surface area contributed by atoms with E-state index in [4.69, 9.17) is 0 Å². The number of hydrogen-bond donors (Lipinski definition) is 1. The molecule has 1 aromatic carbocycles. The van der Waals surface area contributed by atoms with E-state index in [1.807, 2.05) is 6.92 Å². The standard InChI is InChI=1S/C22H25F4NO2/c1-4-6-17(21(3,29)22(24,25)26)7-5-8-20(28)27(19-13-14-19)15(2)16-9-11-18(23)12-10-16/h4-7,9-12,15,19,29H,1,8,13-14H2,2-3H3/b7-5-,17-6+/t15-,21+/m1/s1. The second kappa shape index (κ2) is 8.95. The first kappa shape index (κ1) is 22.9. The summed E-state index contributed by atoms with van der Waals surface area (Å²) >= 11 is 0. The molecule has 0 bridgehead atoms. The van der Waals surface area contributed by atoms with Crippen LogP contribution in [0.25, 0.3) is 0 Å². The number of carbonyl (C=O) groups is 1. The van der Waals surface area contributed by atoms with Gasteiger partial charge in [-0.05, 0) is 50.0 Å². The highest BCUT2D eigenvalue weighted by molar-refractivity contribution is 5.79. The van der Waals surface area contributed by atoms with Gasteiger partial charge in [-0.2, -0.15) is 13.2 Å². The molecule has 1 aromatic rings. The highest BCUT2D eigenvalue weighted by atomic mass is 19.4. The van der Waals surface area contributed by atoms with Gasteiger partial charge in [0, 0.05) is 12.5 Å². The lowest BCUT2D eigenvalue weighted by atomic mass is 9.94. The number of nitrogens with zero attached hydrogens (tertiary/aromatic N) is 1. The highest BCUT2D eigenvalue weighted by Crippen LogP contribution is 2.37. The molecule has 7 heteroatoms. The molecule has 0 heterocycles. The number of allylic oxidation sites excluding steroid dienone is 2. The van der Waals surface area contributed by atoms with Crippen LogP contribution in [0.1, 0.15) is 44.7 Å². The first-order chi connectivity index (χ1) is 13.5. The van der Waals surface area contributed by atoms with Gasteiger partial charge >= 0.3 is 6.18 Å². The molecule has 2 rings (SSSR count). The molecule has 0 aliphatic heterocycles. The number of alkyl halides is 3. The van der Waals surface area contributed by atoms with Crippen molar-refractivity contribution in [3.63, 3.8) is 0 Å². The summed E-state index contributed by atoms with van der Waals surface area (Å²) in [6.07, 6.45) is 1.34. The van der Waals surface area contributed by atoms with E-state index in [0.29, 0.717) is 6.92 Å². The van der Waals surface area contributed by atoms with Gasteiger partial charge in [0.05, 0.1) is 6.04 Å². The van der Waals surface area contributed by atoms with Crippen molar-refractivity contribution in [3.05, 3.63) is 72.1 Å². The Balaban J connectivity index is 2.14. The minimum Gasteiger partial charge on any atom is -0.376 e. The summed E-state index contributed by atoms with van der Waals surface area (Å²) in [4.78, 5) is 14.5. The van der Waals surface area contributed by atoms with Gasteiger partial charge in [-0.1, -0.05) is 43.0 Å². The van der Waals surface area contributed by atoms with Gasteiger partial charge in [0.25, 0.3) is 0 Å². The third-order valence-electron chi connectivity index (χ3n) is 5.00. The summed E-state index contributed by atoms with van der Waals surface area (Å²) in [7, 11) is 0. The van der Waals surface area contributed by atoms with Crippen LogP contribution in [0.5, 0.6) is 0 Å². The van der Waals surface area contributed by atoms with E-state index in [2.05, 4.69) is 6.58 Å². The molecule has 29 heavy (non-hydrogen) atoms. The maximum absolute atomic E-state index is 13.2. The van der Waals surface area contributed by atoms with Crippen LogP contribution in [0.3, 0.4) is 0 Å². The molecule has 1 amide bonds. The van der Waals surface area contributed by atoms with Crippen LogP contribution in [-0.4, -0.2) is 33.7 Å². The van der Waals surface area contributed by atoms with E-state index >= 15 is 0 Å². The number of benzene rings is 1. The number of hydrogen-bond acceptors (Lipinski definition) is 2. The van der Waals surface area contributed by atoms with Crippen molar-refractivity contribution in [1.82, 2.24) is 4.90 Å². The van der Waals surface area contributed by atoms with E-state index < -0.39 is 17.4 Å². The van der Waals surface area contributed by atoms with Gasteiger partial charge in [0.1, 0.15) is 5.82 Å². The Morgan fingerprint density at radius 1 is 1.31 bits per heavy atom. The smallest absolute Gasteiger partial charge is 0.376 e. The van der Waals surface area contributed by atoms with Gasteiger partial charge in [0.15, 0.2) is 5.60 Å². The molecule has 0 spiro atoms. The molecule has 1 fully saturated rings. The van der Waals surface area contributed by atoms with Crippen molar-refractivity contribution in [2.24, 2.45) is 0 Å². The highest BCUT2D eigenvalue weighted by Gasteiger charge is 2.51. The first-order valence-electron chi connectivity index (χ1n) is 9.34. The molecule has 3 nitrogen and oxygen atoms in total. The van der Waals surface area contributed by atoms with Crippen molar-refractivity contribution >= 4 is 5.91 Å². The third-order valence-corrected chi connectivity index (χ3v) is 5.00. The predicted molar refractivity (Wildman–Crippen MR) is 103 cm³/mol. The second-order valence-electron chi connectivity index (χ2n) is 7.29. The number of aliphatic hydroxyl groups is 1. The molecule has 0 unspecified atom stereocenters. The maximum Gasteiger partial charge on any atom is 0.421 e. The lowest BCUT2D eigenvalue weighted by Crippen LogP contribution is -2.43. The molecule has 158 valence electrons. The quantitative estimate of drug-likeness (QED) is 0.469. The van der Waals surface area contributed by atoms with Gasteiger partial charge in [-0.15, -0.1) is 0 Å². The number of amides is 1. The Kier molecular flexibility index (Phi) is 7.06. The van der Waals surface area contributed by atoms with Gasteiger partial charge in [0.2, 0.25) is 5.91 Å². The average molecular weight is 411 g/mol. The Morgan fingerprint density at radius 2 is 1.90 bits per heavy atom. The van der Waals surface area contributed by atoms with Crippen LogP contribution in [-0.2, 0) is 4.79 Å². The van der Waals surface area contributed by atoms with Gasteiger partial charge < -0.3 is 10.0 Å². The maximum atomic E-state index is 13.2. The topological polar surface area (TPSA) is 40.5 Å². The number of halogens is 4. The molecule has 1 aliphatic rings. The fourth-order valence-corrected chi connectivity index (χ4v) is 3.05. The Bertz CT molecular complexity index is 790. The van der Waals surface area contributed by atoms with Crippen LogP contribution < -0.4 is 0 Å². The van der Waals surface area contributed by atoms with Crippen LogP contribution in [0.2, 0.25) is 0 Å². The summed E-state index contributed by atoms with van der Waals surface area (Å²) in [6, 6.07) is 5.66. The Hall–Kier alpha value is -2.41. The fourth-order valence-electron chi connectivity index (χ4n) is 3.05. The molecule has 1 aliphatic carbocycles. The molecule has 1 saturated carbocycles. The first-order valence-corrected chi connectivity index (χ1v) is 9.34. The van der Waals surface area contributed by atoms with Crippen molar-refractivity contribution in [3.8, 4) is 0 Å². The molecular formula is C22H25F4NO2. The molecule has 0 saturated heterocycles.